The number of fused-ring (bicyclic) bond motifs is 1. The fourth-order valence-electron chi connectivity index (χ4n) is 1.88. The van der Waals surface area contributed by atoms with Gasteiger partial charge >= 0.3 is 5.63 Å². The number of hydrogen-bond donors (Lipinski definition) is 2. The van der Waals surface area contributed by atoms with E-state index in [2.05, 4.69) is 4.42 Å². The lowest BCUT2D eigenvalue weighted by Gasteiger charge is -2.04. The lowest BCUT2D eigenvalue weighted by molar-refractivity contribution is 0.382. The molecule has 0 radical (unpaired) electrons. The molecule has 5 heteroatoms. The molecule has 2 N–H and O–H groups in total. The molecule has 3 aromatic rings. The number of thiophene rings is 1. The molecule has 0 amide bonds. The van der Waals surface area contributed by atoms with E-state index in [1.54, 1.807) is 5.38 Å². The SMILES string of the molecule is O=c1occ(O)c(-c2csc3ccccc23)c1O. The number of aromatic hydroxyl groups is 2. The van der Waals surface area contributed by atoms with Gasteiger partial charge in [-0.1, -0.05) is 18.2 Å². The van der Waals surface area contributed by atoms with Crippen molar-refractivity contribution in [3.63, 3.8) is 0 Å². The van der Waals surface area contributed by atoms with Crippen molar-refractivity contribution >= 4 is 21.4 Å². The average Bonchev–Trinajstić information content (AvgIpc) is 2.79. The van der Waals surface area contributed by atoms with E-state index in [1.807, 2.05) is 24.3 Å². The van der Waals surface area contributed by atoms with Crippen LogP contribution in [0.5, 0.6) is 11.5 Å². The molecule has 1 aromatic carbocycles. The minimum Gasteiger partial charge on any atom is -0.504 e. The van der Waals surface area contributed by atoms with Gasteiger partial charge in [-0.15, -0.1) is 11.3 Å². The molecule has 0 saturated heterocycles. The molecule has 4 nitrogen and oxygen atoms in total. The normalized spacial score (nSPS) is 10.9. The Kier molecular flexibility index (Phi) is 2.34. The highest BCUT2D eigenvalue weighted by atomic mass is 32.1. The Balaban J connectivity index is 2.40. The highest BCUT2D eigenvalue weighted by molar-refractivity contribution is 7.17. The van der Waals surface area contributed by atoms with E-state index in [1.165, 1.54) is 11.3 Å². The summed E-state index contributed by atoms with van der Waals surface area (Å²) in [6.45, 7) is 0. The Labute approximate surface area is 105 Å². The summed E-state index contributed by atoms with van der Waals surface area (Å²) < 4.78 is 5.50. The van der Waals surface area contributed by atoms with Crippen molar-refractivity contribution < 1.29 is 14.6 Å². The van der Waals surface area contributed by atoms with Crippen LogP contribution in [0.15, 0.2) is 45.1 Å². The number of rotatable bonds is 1. The molecule has 90 valence electrons. The third-order valence-electron chi connectivity index (χ3n) is 2.71. The average molecular weight is 260 g/mol. The highest BCUT2D eigenvalue weighted by Gasteiger charge is 2.18. The standard InChI is InChI=1S/C13H8O4S/c14-9-5-17-13(16)12(15)11(9)8-6-18-10-4-2-1-3-7(8)10/h1-6,14-15H. The fourth-order valence-corrected chi connectivity index (χ4v) is 2.84. The van der Waals surface area contributed by atoms with Crippen LogP contribution in [0.3, 0.4) is 0 Å². The van der Waals surface area contributed by atoms with Crippen molar-refractivity contribution in [1.29, 1.82) is 0 Å². The van der Waals surface area contributed by atoms with E-state index in [0.717, 1.165) is 16.3 Å². The van der Waals surface area contributed by atoms with Crippen LogP contribution in [-0.4, -0.2) is 10.2 Å². The first-order valence-corrected chi connectivity index (χ1v) is 6.07. The molecule has 18 heavy (non-hydrogen) atoms. The Hall–Kier alpha value is -2.27. The predicted molar refractivity (Wildman–Crippen MR) is 69.1 cm³/mol. The molecule has 0 saturated carbocycles. The third-order valence-corrected chi connectivity index (χ3v) is 3.68. The van der Waals surface area contributed by atoms with Gasteiger partial charge in [0.2, 0.25) is 5.75 Å². The van der Waals surface area contributed by atoms with Crippen molar-refractivity contribution in [1.82, 2.24) is 0 Å². The smallest absolute Gasteiger partial charge is 0.379 e. The molecule has 0 aliphatic heterocycles. The van der Waals surface area contributed by atoms with E-state index in [-0.39, 0.29) is 11.3 Å². The maximum Gasteiger partial charge on any atom is 0.379 e. The van der Waals surface area contributed by atoms with Crippen LogP contribution in [0.1, 0.15) is 0 Å². The van der Waals surface area contributed by atoms with Crippen LogP contribution in [0.25, 0.3) is 21.2 Å². The van der Waals surface area contributed by atoms with Crippen molar-refractivity contribution in [2.45, 2.75) is 0 Å². The first-order chi connectivity index (χ1) is 8.68. The molecule has 2 aromatic heterocycles. The lowest BCUT2D eigenvalue weighted by Crippen LogP contribution is -1.98. The zero-order chi connectivity index (χ0) is 12.7. The summed E-state index contributed by atoms with van der Waals surface area (Å²) in [6.07, 6.45) is 0.934. The van der Waals surface area contributed by atoms with Gasteiger partial charge in [0.05, 0.1) is 5.56 Å². The molecule has 3 rings (SSSR count). The van der Waals surface area contributed by atoms with Crippen LogP contribution in [0.4, 0.5) is 0 Å². The quantitative estimate of drug-likeness (QED) is 0.705. The Morgan fingerprint density at radius 2 is 1.94 bits per heavy atom. The van der Waals surface area contributed by atoms with Gasteiger partial charge in [-0.05, 0) is 6.07 Å². The first kappa shape index (κ1) is 10.9. The van der Waals surface area contributed by atoms with E-state index < -0.39 is 11.4 Å². The maximum absolute atomic E-state index is 11.3. The van der Waals surface area contributed by atoms with E-state index in [0.29, 0.717) is 5.56 Å². The van der Waals surface area contributed by atoms with Crippen molar-refractivity contribution in [3.8, 4) is 22.6 Å². The molecule has 0 spiro atoms. The molecule has 0 aliphatic rings. The van der Waals surface area contributed by atoms with Crippen molar-refractivity contribution in [3.05, 3.63) is 46.3 Å². The molecule has 0 fully saturated rings. The molecule has 0 bridgehead atoms. The van der Waals surface area contributed by atoms with Crippen LogP contribution in [-0.2, 0) is 0 Å². The molecular formula is C13H8O4S. The minimum absolute atomic E-state index is 0.115. The Bertz CT molecular complexity index is 785. The number of hydrogen-bond acceptors (Lipinski definition) is 5. The van der Waals surface area contributed by atoms with E-state index >= 15 is 0 Å². The number of benzene rings is 1. The first-order valence-electron chi connectivity index (χ1n) is 5.19. The summed E-state index contributed by atoms with van der Waals surface area (Å²) in [5.74, 6) is -0.825. The Morgan fingerprint density at radius 1 is 1.17 bits per heavy atom. The lowest BCUT2D eigenvalue weighted by atomic mass is 10.0. The monoisotopic (exact) mass is 260 g/mol. The van der Waals surface area contributed by atoms with Crippen LogP contribution in [0.2, 0.25) is 0 Å². The van der Waals surface area contributed by atoms with Crippen LogP contribution < -0.4 is 5.63 Å². The summed E-state index contributed by atoms with van der Waals surface area (Å²) >= 11 is 1.48. The molecule has 0 unspecified atom stereocenters. The summed E-state index contributed by atoms with van der Waals surface area (Å²) in [5.41, 5.74) is -0.125. The molecule has 2 heterocycles. The topological polar surface area (TPSA) is 70.7 Å². The summed E-state index contributed by atoms with van der Waals surface area (Å²) in [7, 11) is 0. The third kappa shape index (κ3) is 1.48. The van der Waals surface area contributed by atoms with Gasteiger partial charge in [0, 0.05) is 21.0 Å². The van der Waals surface area contributed by atoms with E-state index in [9.17, 15) is 15.0 Å². The highest BCUT2D eigenvalue weighted by Crippen LogP contribution is 2.41. The summed E-state index contributed by atoms with van der Waals surface area (Å²) in [5, 5.41) is 22.2. The second kappa shape index (κ2) is 3.89. The van der Waals surface area contributed by atoms with Crippen LogP contribution >= 0.6 is 11.3 Å². The predicted octanol–water partition coefficient (Wildman–Crippen LogP) is 2.93. The van der Waals surface area contributed by atoms with Crippen LogP contribution in [0, 0.1) is 0 Å². The largest absolute Gasteiger partial charge is 0.504 e. The van der Waals surface area contributed by atoms with Crippen molar-refractivity contribution in [2.75, 3.05) is 0 Å². The van der Waals surface area contributed by atoms with Gasteiger partial charge in [0.1, 0.15) is 6.26 Å². The maximum atomic E-state index is 11.3. The van der Waals surface area contributed by atoms with Gasteiger partial charge < -0.3 is 14.6 Å². The van der Waals surface area contributed by atoms with Gasteiger partial charge in [-0.3, -0.25) is 0 Å². The zero-order valence-electron chi connectivity index (χ0n) is 9.08. The molecule has 0 aliphatic carbocycles. The summed E-state index contributed by atoms with van der Waals surface area (Å²) in [6, 6.07) is 7.57. The molecular weight excluding hydrogens is 252 g/mol. The van der Waals surface area contributed by atoms with Gasteiger partial charge in [0.15, 0.2) is 5.75 Å². The zero-order valence-corrected chi connectivity index (χ0v) is 9.90. The second-order valence-corrected chi connectivity index (χ2v) is 4.69. The van der Waals surface area contributed by atoms with Gasteiger partial charge in [-0.2, -0.15) is 0 Å². The fraction of sp³-hybridized carbons (Fsp3) is 0. The summed E-state index contributed by atoms with van der Waals surface area (Å²) in [4.78, 5) is 11.3. The minimum atomic E-state index is -0.863. The molecule has 0 atom stereocenters. The van der Waals surface area contributed by atoms with Crippen molar-refractivity contribution in [2.24, 2.45) is 0 Å². The van der Waals surface area contributed by atoms with Gasteiger partial charge in [0.25, 0.3) is 0 Å². The second-order valence-electron chi connectivity index (χ2n) is 3.78. The van der Waals surface area contributed by atoms with Gasteiger partial charge in [-0.25, -0.2) is 4.79 Å². The van der Waals surface area contributed by atoms with E-state index in [4.69, 9.17) is 0 Å². The Morgan fingerprint density at radius 3 is 2.78 bits per heavy atom.